The first-order valence-corrected chi connectivity index (χ1v) is 6.88. The third kappa shape index (κ3) is 7.67. The Kier molecular flexibility index (Phi) is 13.8. The Morgan fingerprint density at radius 1 is 1.19 bits per heavy atom. The molecule has 0 fully saturated rings. The molecule has 4 nitrogen and oxygen atoms in total. The van der Waals surface area contributed by atoms with Crippen molar-refractivity contribution in [3.8, 4) is 0 Å². The van der Waals surface area contributed by atoms with Gasteiger partial charge in [-0.15, -0.1) is 24.8 Å². The van der Waals surface area contributed by atoms with Crippen molar-refractivity contribution in [2.75, 3.05) is 33.7 Å². The summed E-state index contributed by atoms with van der Waals surface area (Å²) in [6, 6.07) is 9.71. The van der Waals surface area contributed by atoms with E-state index >= 15 is 0 Å². The van der Waals surface area contributed by atoms with Gasteiger partial charge in [-0.25, -0.2) is 0 Å². The van der Waals surface area contributed by atoms with Gasteiger partial charge in [0, 0.05) is 6.54 Å². The first-order chi connectivity index (χ1) is 9.20. The number of likely N-dealkylation sites (N-methyl/N-ethyl adjacent to an activating group) is 1. The second kappa shape index (κ2) is 12.9. The molecule has 0 bridgehead atoms. The van der Waals surface area contributed by atoms with Crippen LogP contribution in [0.4, 0.5) is 0 Å². The fraction of sp³-hybridized carbons (Fsp3) is 0.533. The Bertz CT molecular complexity index is 376. The maximum atomic E-state index is 12.3. The van der Waals surface area contributed by atoms with Crippen molar-refractivity contribution in [1.82, 2.24) is 15.5 Å². The normalized spacial score (nSPS) is 11.2. The Balaban J connectivity index is 0. The number of carbonyl (C=O) groups excluding carboxylic acids is 1. The van der Waals surface area contributed by atoms with Crippen molar-refractivity contribution in [3.05, 3.63) is 35.9 Å². The third-order valence-corrected chi connectivity index (χ3v) is 3.21. The Morgan fingerprint density at radius 2 is 1.81 bits per heavy atom. The van der Waals surface area contributed by atoms with E-state index in [1.807, 2.05) is 44.4 Å². The van der Waals surface area contributed by atoms with Gasteiger partial charge in [-0.05, 0) is 39.2 Å². The number of rotatable bonds is 8. The largest absolute Gasteiger partial charge is 0.354 e. The van der Waals surface area contributed by atoms with Gasteiger partial charge < -0.3 is 10.6 Å². The standard InChI is InChI=1S/C15H25N3O.2ClH/c1-4-18(3)14(13-9-6-5-7-10-13)15(19)17-12-8-11-16-2;;/h5-7,9-10,14,16H,4,8,11-12H2,1-3H3,(H,17,19);2*1H. The Morgan fingerprint density at radius 3 is 2.33 bits per heavy atom. The molecule has 0 saturated heterocycles. The van der Waals surface area contributed by atoms with Crippen molar-refractivity contribution >= 4 is 30.7 Å². The summed E-state index contributed by atoms with van der Waals surface area (Å²) in [6.07, 6.45) is 0.944. The van der Waals surface area contributed by atoms with Gasteiger partial charge in [0.1, 0.15) is 6.04 Å². The molecule has 2 N–H and O–H groups in total. The summed E-state index contributed by atoms with van der Waals surface area (Å²) in [7, 11) is 3.89. The highest BCUT2D eigenvalue weighted by Gasteiger charge is 2.23. The highest BCUT2D eigenvalue weighted by Crippen LogP contribution is 2.18. The van der Waals surface area contributed by atoms with Crippen LogP contribution in [0.15, 0.2) is 30.3 Å². The zero-order valence-corrected chi connectivity index (χ0v) is 14.6. The molecule has 21 heavy (non-hydrogen) atoms. The molecule has 1 aromatic carbocycles. The summed E-state index contributed by atoms with van der Waals surface area (Å²) >= 11 is 0. The molecule has 0 aromatic heterocycles. The van der Waals surface area contributed by atoms with Crippen molar-refractivity contribution in [2.24, 2.45) is 0 Å². The first kappa shape index (κ1) is 22.5. The molecule has 0 aliphatic rings. The van der Waals surface area contributed by atoms with E-state index in [0.717, 1.165) is 25.1 Å². The predicted molar refractivity (Wildman–Crippen MR) is 93.5 cm³/mol. The van der Waals surface area contributed by atoms with Gasteiger partial charge in [-0.2, -0.15) is 0 Å². The molecule has 0 aliphatic heterocycles. The molecule has 0 radical (unpaired) electrons. The van der Waals surface area contributed by atoms with Gasteiger partial charge in [0.05, 0.1) is 0 Å². The van der Waals surface area contributed by atoms with Gasteiger partial charge in [0.2, 0.25) is 5.91 Å². The van der Waals surface area contributed by atoms with Crippen LogP contribution in [0, 0.1) is 0 Å². The van der Waals surface area contributed by atoms with E-state index < -0.39 is 0 Å². The molecule has 0 saturated carbocycles. The molecular weight excluding hydrogens is 309 g/mol. The van der Waals surface area contributed by atoms with Crippen LogP contribution in [0.3, 0.4) is 0 Å². The fourth-order valence-electron chi connectivity index (χ4n) is 2.00. The van der Waals surface area contributed by atoms with Crippen molar-refractivity contribution in [2.45, 2.75) is 19.4 Å². The highest BCUT2D eigenvalue weighted by atomic mass is 35.5. The quantitative estimate of drug-likeness (QED) is 0.716. The maximum absolute atomic E-state index is 12.3. The van der Waals surface area contributed by atoms with Crippen LogP contribution in [0.2, 0.25) is 0 Å². The zero-order chi connectivity index (χ0) is 14.1. The van der Waals surface area contributed by atoms with E-state index in [1.165, 1.54) is 0 Å². The number of halogens is 2. The Hall–Kier alpha value is -0.810. The highest BCUT2D eigenvalue weighted by molar-refractivity contribution is 5.85. The van der Waals surface area contributed by atoms with Crippen LogP contribution in [-0.4, -0.2) is 44.5 Å². The van der Waals surface area contributed by atoms with Crippen LogP contribution in [0.5, 0.6) is 0 Å². The average molecular weight is 336 g/mol. The van der Waals surface area contributed by atoms with Crippen molar-refractivity contribution in [1.29, 1.82) is 0 Å². The van der Waals surface area contributed by atoms with E-state index in [0.29, 0.717) is 6.54 Å². The molecule has 1 amide bonds. The zero-order valence-electron chi connectivity index (χ0n) is 13.0. The number of nitrogens with zero attached hydrogens (tertiary/aromatic N) is 1. The molecule has 1 unspecified atom stereocenters. The lowest BCUT2D eigenvalue weighted by atomic mass is 10.0. The summed E-state index contributed by atoms with van der Waals surface area (Å²) in [4.78, 5) is 14.4. The van der Waals surface area contributed by atoms with Gasteiger partial charge >= 0.3 is 0 Å². The monoisotopic (exact) mass is 335 g/mol. The van der Waals surface area contributed by atoms with Crippen molar-refractivity contribution < 1.29 is 4.79 Å². The molecule has 1 atom stereocenters. The molecule has 0 heterocycles. The summed E-state index contributed by atoms with van der Waals surface area (Å²) in [5, 5.41) is 6.09. The van der Waals surface area contributed by atoms with Crippen LogP contribution >= 0.6 is 24.8 Å². The van der Waals surface area contributed by atoms with Gasteiger partial charge in [-0.1, -0.05) is 37.3 Å². The molecule has 0 spiro atoms. The number of hydrogen-bond donors (Lipinski definition) is 2. The molecule has 1 aromatic rings. The first-order valence-electron chi connectivity index (χ1n) is 6.88. The van der Waals surface area contributed by atoms with Crippen LogP contribution < -0.4 is 10.6 Å². The maximum Gasteiger partial charge on any atom is 0.241 e. The van der Waals surface area contributed by atoms with Crippen LogP contribution in [0.1, 0.15) is 24.9 Å². The average Bonchev–Trinajstić information content (AvgIpc) is 2.45. The third-order valence-electron chi connectivity index (χ3n) is 3.21. The van der Waals surface area contributed by atoms with Crippen LogP contribution in [-0.2, 0) is 4.79 Å². The molecular formula is C15H27Cl2N3O. The minimum atomic E-state index is -0.208. The number of amides is 1. The number of nitrogens with one attached hydrogen (secondary N) is 2. The minimum Gasteiger partial charge on any atom is -0.354 e. The van der Waals surface area contributed by atoms with E-state index in [9.17, 15) is 4.79 Å². The van der Waals surface area contributed by atoms with Crippen LogP contribution in [0.25, 0.3) is 0 Å². The predicted octanol–water partition coefficient (Wildman–Crippen LogP) is 2.25. The lowest BCUT2D eigenvalue weighted by molar-refractivity contribution is -0.126. The van der Waals surface area contributed by atoms with Gasteiger partial charge in [-0.3, -0.25) is 9.69 Å². The molecule has 122 valence electrons. The summed E-state index contributed by atoms with van der Waals surface area (Å²) in [6.45, 7) is 4.52. The van der Waals surface area contributed by atoms with Gasteiger partial charge in [0.15, 0.2) is 0 Å². The second-order valence-corrected chi connectivity index (χ2v) is 4.63. The molecule has 6 heteroatoms. The van der Waals surface area contributed by atoms with E-state index in [2.05, 4.69) is 22.5 Å². The number of hydrogen-bond acceptors (Lipinski definition) is 3. The lowest BCUT2D eigenvalue weighted by Gasteiger charge is -2.26. The SMILES string of the molecule is CCN(C)C(C(=O)NCCCNC)c1ccccc1.Cl.Cl. The number of benzene rings is 1. The lowest BCUT2D eigenvalue weighted by Crippen LogP contribution is -2.39. The second-order valence-electron chi connectivity index (χ2n) is 4.63. The number of carbonyl (C=O) groups is 1. The minimum absolute atomic E-state index is 0. The Labute approximate surface area is 140 Å². The van der Waals surface area contributed by atoms with Crippen molar-refractivity contribution in [3.63, 3.8) is 0 Å². The van der Waals surface area contributed by atoms with E-state index in [-0.39, 0.29) is 36.8 Å². The summed E-state index contributed by atoms with van der Waals surface area (Å²) in [5.74, 6) is 0.0756. The molecule has 1 rings (SSSR count). The fourth-order valence-corrected chi connectivity index (χ4v) is 2.00. The molecule has 0 aliphatic carbocycles. The van der Waals surface area contributed by atoms with E-state index in [4.69, 9.17) is 0 Å². The summed E-state index contributed by atoms with van der Waals surface area (Å²) in [5.41, 5.74) is 1.04. The topological polar surface area (TPSA) is 44.4 Å². The van der Waals surface area contributed by atoms with Gasteiger partial charge in [0.25, 0.3) is 0 Å². The smallest absolute Gasteiger partial charge is 0.241 e. The van der Waals surface area contributed by atoms with E-state index in [1.54, 1.807) is 0 Å². The summed E-state index contributed by atoms with van der Waals surface area (Å²) < 4.78 is 0.